The van der Waals surface area contributed by atoms with Crippen molar-refractivity contribution in [2.75, 3.05) is 60.1 Å². The molecule has 0 bridgehead atoms. The minimum atomic E-state index is -0.0500. The molecule has 3 unspecified atom stereocenters. The van der Waals surface area contributed by atoms with Gasteiger partial charge in [-0.2, -0.15) is 0 Å². The van der Waals surface area contributed by atoms with Crippen molar-refractivity contribution in [1.82, 2.24) is 15.1 Å². The van der Waals surface area contributed by atoms with Crippen LogP contribution in [0.2, 0.25) is 0 Å². The van der Waals surface area contributed by atoms with Crippen molar-refractivity contribution in [3.8, 4) is 0 Å². The van der Waals surface area contributed by atoms with Gasteiger partial charge in [0.25, 0.3) is 0 Å². The normalized spacial score (nSPS) is 36.4. The summed E-state index contributed by atoms with van der Waals surface area (Å²) in [7, 11) is 3.72. The van der Waals surface area contributed by atoms with Crippen molar-refractivity contribution in [2.45, 2.75) is 45.3 Å². The molecular formula is C19H36N4O2. The van der Waals surface area contributed by atoms with E-state index in [1.807, 2.05) is 14.2 Å². The fourth-order valence-corrected chi connectivity index (χ4v) is 4.41. The molecule has 3 fully saturated rings. The summed E-state index contributed by atoms with van der Waals surface area (Å²) in [5.41, 5.74) is 0.0492. The van der Waals surface area contributed by atoms with Crippen LogP contribution < -0.4 is 5.32 Å². The first kappa shape index (κ1) is 18.9. The average molecular weight is 353 g/mol. The number of hydrogen-bond acceptors (Lipinski definition) is 4. The largest absolute Gasteiger partial charge is 0.381 e. The number of nitrogens with one attached hydrogen (secondary N) is 1. The van der Waals surface area contributed by atoms with Gasteiger partial charge in [-0.15, -0.1) is 0 Å². The van der Waals surface area contributed by atoms with Gasteiger partial charge in [0.15, 0.2) is 5.96 Å². The molecule has 25 heavy (non-hydrogen) atoms. The molecule has 144 valence electrons. The highest BCUT2D eigenvalue weighted by molar-refractivity contribution is 5.80. The maximum Gasteiger partial charge on any atom is 0.193 e. The molecule has 6 nitrogen and oxygen atoms in total. The molecule has 1 saturated carbocycles. The van der Waals surface area contributed by atoms with Crippen LogP contribution in [0.4, 0.5) is 0 Å². The Balaban J connectivity index is 1.48. The van der Waals surface area contributed by atoms with Crippen LogP contribution in [0, 0.1) is 11.3 Å². The number of piperazine rings is 1. The Bertz CT molecular complexity index is 482. The van der Waals surface area contributed by atoms with Crippen LogP contribution in [0.5, 0.6) is 0 Å². The summed E-state index contributed by atoms with van der Waals surface area (Å²) in [5, 5.41) is 3.70. The molecule has 1 N–H and O–H groups in total. The van der Waals surface area contributed by atoms with E-state index < -0.39 is 0 Å². The third-order valence-electron chi connectivity index (χ3n) is 7.01. The summed E-state index contributed by atoms with van der Waals surface area (Å²) < 4.78 is 11.3. The first-order valence-electron chi connectivity index (χ1n) is 9.73. The smallest absolute Gasteiger partial charge is 0.193 e. The van der Waals surface area contributed by atoms with Crippen molar-refractivity contribution in [2.24, 2.45) is 16.3 Å². The van der Waals surface area contributed by atoms with Gasteiger partial charge < -0.3 is 19.7 Å². The Hall–Kier alpha value is -0.850. The maximum atomic E-state index is 5.75. The predicted molar refractivity (Wildman–Crippen MR) is 101 cm³/mol. The molecule has 1 aliphatic carbocycles. The fraction of sp³-hybridized carbons (Fsp3) is 0.947. The Morgan fingerprint density at radius 3 is 2.48 bits per heavy atom. The number of guanidine groups is 1. The van der Waals surface area contributed by atoms with Gasteiger partial charge in [-0.1, -0.05) is 13.8 Å². The first-order chi connectivity index (χ1) is 11.9. The van der Waals surface area contributed by atoms with Crippen LogP contribution in [0.1, 0.15) is 33.6 Å². The van der Waals surface area contributed by atoms with E-state index in [4.69, 9.17) is 9.47 Å². The van der Waals surface area contributed by atoms with Gasteiger partial charge in [-0.25, -0.2) is 0 Å². The number of aliphatic imine (C=N–C) groups is 1. The zero-order valence-corrected chi connectivity index (χ0v) is 16.7. The van der Waals surface area contributed by atoms with Crippen LogP contribution in [0.25, 0.3) is 0 Å². The van der Waals surface area contributed by atoms with E-state index >= 15 is 0 Å². The summed E-state index contributed by atoms with van der Waals surface area (Å²) in [6.45, 7) is 14.2. The number of methoxy groups -OCH3 is 1. The molecule has 2 heterocycles. The first-order valence-corrected chi connectivity index (χ1v) is 9.73. The number of rotatable bonds is 4. The van der Waals surface area contributed by atoms with Crippen molar-refractivity contribution >= 4 is 5.96 Å². The molecule has 0 amide bonds. The van der Waals surface area contributed by atoms with Crippen LogP contribution in [-0.4, -0.2) is 87.5 Å². The lowest BCUT2D eigenvalue weighted by molar-refractivity contribution is -0.177. The second-order valence-corrected chi connectivity index (χ2v) is 8.62. The highest BCUT2D eigenvalue weighted by Gasteiger charge is 2.58. The summed E-state index contributed by atoms with van der Waals surface area (Å²) in [6, 6.07) is 0.407. The van der Waals surface area contributed by atoms with Crippen molar-refractivity contribution < 1.29 is 9.47 Å². The Morgan fingerprint density at radius 1 is 1.24 bits per heavy atom. The summed E-state index contributed by atoms with van der Waals surface area (Å²) >= 11 is 0. The second-order valence-electron chi connectivity index (χ2n) is 8.62. The number of nitrogens with zero attached hydrogens (tertiary/aromatic N) is 3. The summed E-state index contributed by atoms with van der Waals surface area (Å²) in [4.78, 5) is 9.54. The molecule has 3 rings (SSSR count). The molecule has 0 aromatic heterocycles. The minimum absolute atomic E-state index is 0.0500. The Labute approximate surface area is 152 Å². The van der Waals surface area contributed by atoms with Gasteiger partial charge in [0.1, 0.15) is 0 Å². The average Bonchev–Trinajstić information content (AvgIpc) is 3.12. The number of ether oxygens (including phenoxy) is 2. The standard InChI is InChI=1S/C19H36N4O2/c1-18(2)16(12-19(18,3)24-5)21-17(20-4)23-9-7-22(8-10-23)13-15-6-11-25-14-15/h15-16H,6-14H2,1-5H3,(H,20,21). The molecule has 2 saturated heterocycles. The van der Waals surface area contributed by atoms with Gasteiger partial charge in [-0.05, 0) is 25.7 Å². The van der Waals surface area contributed by atoms with E-state index in [1.165, 1.54) is 13.0 Å². The van der Waals surface area contributed by atoms with Crippen LogP contribution in [0.3, 0.4) is 0 Å². The van der Waals surface area contributed by atoms with Gasteiger partial charge >= 0.3 is 0 Å². The zero-order valence-electron chi connectivity index (χ0n) is 16.7. The molecule has 0 spiro atoms. The highest BCUT2D eigenvalue weighted by atomic mass is 16.5. The van der Waals surface area contributed by atoms with Crippen molar-refractivity contribution in [3.63, 3.8) is 0 Å². The Morgan fingerprint density at radius 2 is 1.96 bits per heavy atom. The lowest BCUT2D eigenvalue weighted by Crippen LogP contribution is -2.70. The highest BCUT2D eigenvalue weighted by Crippen LogP contribution is 2.51. The van der Waals surface area contributed by atoms with Crippen molar-refractivity contribution in [3.05, 3.63) is 0 Å². The molecule has 2 aliphatic heterocycles. The fourth-order valence-electron chi connectivity index (χ4n) is 4.41. The maximum absolute atomic E-state index is 5.75. The Kier molecular flexibility index (Phi) is 5.61. The zero-order chi connectivity index (χ0) is 18.1. The quantitative estimate of drug-likeness (QED) is 0.613. The van der Waals surface area contributed by atoms with Crippen LogP contribution in [0.15, 0.2) is 4.99 Å². The van der Waals surface area contributed by atoms with Gasteiger partial charge in [0.2, 0.25) is 0 Å². The lowest BCUT2D eigenvalue weighted by Gasteiger charge is -2.59. The van der Waals surface area contributed by atoms with E-state index in [1.54, 1.807) is 0 Å². The molecule has 3 aliphatic rings. The summed E-state index contributed by atoms with van der Waals surface area (Å²) in [5.74, 6) is 1.77. The SMILES string of the molecule is CN=C(NC1CC(C)(OC)C1(C)C)N1CCN(CC2CCOC2)CC1. The summed E-state index contributed by atoms with van der Waals surface area (Å²) in [6.07, 6.45) is 2.25. The second kappa shape index (κ2) is 7.41. The van der Waals surface area contributed by atoms with E-state index in [9.17, 15) is 0 Å². The van der Waals surface area contributed by atoms with E-state index in [0.717, 1.165) is 57.7 Å². The molecule has 3 atom stereocenters. The monoisotopic (exact) mass is 352 g/mol. The van der Waals surface area contributed by atoms with Gasteiger partial charge in [0, 0.05) is 64.9 Å². The molecular weight excluding hydrogens is 316 g/mol. The lowest BCUT2D eigenvalue weighted by atomic mass is 9.56. The van der Waals surface area contributed by atoms with Gasteiger partial charge in [0.05, 0.1) is 12.2 Å². The molecule has 0 radical (unpaired) electrons. The predicted octanol–water partition coefficient (Wildman–Crippen LogP) is 1.42. The van der Waals surface area contributed by atoms with Gasteiger partial charge in [-0.3, -0.25) is 9.89 Å². The molecule has 0 aromatic rings. The minimum Gasteiger partial charge on any atom is -0.381 e. The third-order valence-corrected chi connectivity index (χ3v) is 7.01. The van der Waals surface area contributed by atoms with E-state index in [0.29, 0.717) is 6.04 Å². The van der Waals surface area contributed by atoms with Crippen molar-refractivity contribution in [1.29, 1.82) is 0 Å². The van der Waals surface area contributed by atoms with E-state index in [2.05, 4.69) is 40.9 Å². The van der Waals surface area contributed by atoms with Crippen LogP contribution >= 0.6 is 0 Å². The topological polar surface area (TPSA) is 49.3 Å². The molecule has 0 aromatic carbocycles. The third kappa shape index (κ3) is 3.67. The van der Waals surface area contributed by atoms with E-state index in [-0.39, 0.29) is 11.0 Å². The number of hydrogen-bond donors (Lipinski definition) is 1. The van der Waals surface area contributed by atoms with Crippen LogP contribution in [-0.2, 0) is 9.47 Å². The molecule has 6 heteroatoms.